The van der Waals surface area contributed by atoms with Crippen molar-refractivity contribution in [3.8, 4) is 0 Å². The summed E-state index contributed by atoms with van der Waals surface area (Å²) in [5, 5.41) is 4.32. The molecule has 0 aliphatic rings. The summed E-state index contributed by atoms with van der Waals surface area (Å²) in [6.07, 6.45) is 0.119. The van der Waals surface area contributed by atoms with Crippen LogP contribution in [0, 0.1) is 12.7 Å². The molecule has 118 valence electrons. The van der Waals surface area contributed by atoms with Gasteiger partial charge in [-0.2, -0.15) is 0 Å². The smallest absolute Gasteiger partial charge is 0.228 e. The van der Waals surface area contributed by atoms with E-state index < -0.39 is 0 Å². The summed E-state index contributed by atoms with van der Waals surface area (Å²) in [7, 11) is 0. The molecule has 0 atom stereocenters. The van der Waals surface area contributed by atoms with Crippen LogP contribution in [-0.4, -0.2) is 10.9 Å². The molecule has 1 amide bonds. The van der Waals surface area contributed by atoms with Crippen LogP contribution in [0.25, 0.3) is 10.9 Å². The van der Waals surface area contributed by atoms with Gasteiger partial charge >= 0.3 is 0 Å². The van der Waals surface area contributed by atoms with E-state index in [4.69, 9.17) is 23.2 Å². The third kappa shape index (κ3) is 3.33. The van der Waals surface area contributed by atoms with E-state index in [1.165, 1.54) is 12.1 Å². The summed E-state index contributed by atoms with van der Waals surface area (Å²) in [6, 6.07) is 9.33. The lowest BCUT2D eigenvalue weighted by atomic mass is 10.1. The number of carbonyl (C=O) groups is 1. The summed E-state index contributed by atoms with van der Waals surface area (Å²) in [5.74, 6) is -0.568. The van der Waals surface area contributed by atoms with E-state index in [0.29, 0.717) is 21.1 Å². The van der Waals surface area contributed by atoms with Crippen molar-refractivity contribution in [1.82, 2.24) is 4.98 Å². The van der Waals surface area contributed by atoms with Crippen LogP contribution in [0.2, 0.25) is 10.0 Å². The molecule has 3 rings (SSSR count). The third-order valence-electron chi connectivity index (χ3n) is 3.62. The molecule has 1 aromatic heterocycles. The second kappa shape index (κ2) is 6.22. The Labute approximate surface area is 142 Å². The SMILES string of the molecule is Cc1[nH]c2ccc(F)cc2c1CC(=O)Nc1ccc(Cl)cc1Cl. The van der Waals surface area contributed by atoms with Crippen LogP contribution in [0.1, 0.15) is 11.3 Å². The van der Waals surface area contributed by atoms with Crippen LogP contribution in [0.4, 0.5) is 10.1 Å². The first-order valence-corrected chi connectivity index (χ1v) is 7.71. The highest BCUT2D eigenvalue weighted by molar-refractivity contribution is 6.36. The predicted octanol–water partition coefficient (Wildman–Crippen LogP) is 5.10. The van der Waals surface area contributed by atoms with Gasteiger partial charge in [-0.05, 0) is 48.9 Å². The standard InChI is InChI=1S/C17H13Cl2FN2O/c1-9-12(13-7-11(20)3-5-15(13)21-9)8-17(23)22-16-4-2-10(18)6-14(16)19/h2-7,21H,8H2,1H3,(H,22,23). The quantitative estimate of drug-likeness (QED) is 0.677. The van der Waals surface area contributed by atoms with Gasteiger partial charge in [0.15, 0.2) is 0 Å². The molecule has 6 heteroatoms. The van der Waals surface area contributed by atoms with Gasteiger partial charge in [-0.25, -0.2) is 4.39 Å². The van der Waals surface area contributed by atoms with E-state index in [1.54, 1.807) is 24.3 Å². The fourth-order valence-corrected chi connectivity index (χ4v) is 2.98. The van der Waals surface area contributed by atoms with Gasteiger partial charge in [0.1, 0.15) is 5.82 Å². The summed E-state index contributed by atoms with van der Waals surface area (Å²) in [4.78, 5) is 15.4. The molecule has 1 heterocycles. The number of amides is 1. The Morgan fingerprint density at radius 1 is 1.22 bits per heavy atom. The lowest BCUT2D eigenvalue weighted by molar-refractivity contribution is -0.115. The van der Waals surface area contributed by atoms with Crippen molar-refractivity contribution in [3.63, 3.8) is 0 Å². The van der Waals surface area contributed by atoms with Gasteiger partial charge in [0.05, 0.1) is 17.1 Å². The van der Waals surface area contributed by atoms with Crippen molar-refractivity contribution in [1.29, 1.82) is 0 Å². The van der Waals surface area contributed by atoms with Crippen LogP contribution in [-0.2, 0) is 11.2 Å². The van der Waals surface area contributed by atoms with Gasteiger partial charge in [0.2, 0.25) is 5.91 Å². The molecule has 23 heavy (non-hydrogen) atoms. The highest BCUT2D eigenvalue weighted by Gasteiger charge is 2.14. The predicted molar refractivity (Wildman–Crippen MR) is 91.8 cm³/mol. The summed E-state index contributed by atoms with van der Waals surface area (Å²) < 4.78 is 13.5. The fourth-order valence-electron chi connectivity index (χ4n) is 2.53. The summed E-state index contributed by atoms with van der Waals surface area (Å²) in [6.45, 7) is 1.86. The Morgan fingerprint density at radius 2 is 2.00 bits per heavy atom. The maximum Gasteiger partial charge on any atom is 0.228 e. The first kappa shape index (κ1) is 15.8. The Balaban J connectivity index is 1.85. The molecule has 2 aromatic carbocycles. The number of aryl methyl sites for hydroxylation is 1. The van der Waals surface area contributed by atoms with Gasteiger partial charge in [-0.3, -0.25) is 4.79 Å². The first-order chi connectivity index (χ1) is 10.9. The van der Waals surface area contributed by atoms with Crippen molar-refractivity contribution < 1.29 is 9.18 Å². The fraction of sp³-hybridized carbons (Fsp3) is 0.118. The number of hydrogen-bond donors (Lipinski definition) is 2. The van der Waals surface area contributed by atoms with Gasteiger partial charge in [-0.1, -0.05) is 23.2 Å². The second-order valence-corrected chi connectivity index (χ2v) is 6.11. The minimum Gasteiger partial charge on any atom is -0.358 e. The number of halogens is 3. The molecule has 0 saturated heterocycles. The van der Waals surface area contributed by atoms with Crippen molar-refractivity contribution in [2.45, 2.75) is 13.3 Å². The molecule has 2 N–H and O–H groups in total. The largest absolute Gasteiger partial charge is 0.358 e. The summed E-state index contributed by atoms with van der Waals surface area (Å²) in [5.41, 5.74) is 2.89. The minimum absolute atomic E-state index is 0.119. The normalized spacial score (nSPS) is 11.0. The van der Waals surface area contributed by atoms with Crippen LogP contribution in [0.5, 0.6) is 0 Å². The van der Waals surface area contributed by atoms with E-state index in [1.807, 2.05) is 6.92 Å². The second-order valence-electron chi connectivity index (χ2n) is 5.27. The average Bonchev–Trinajstić information content (AvgIpc) is 2.78. The van der Waals surface area contributed by atoms with Crippen molar-refractivity contribution in [2.75, 3.05) is 5.32 Å². The Bertz CT molecular complexity index is 905. The zero-order valence-corrected chi connectivity index (χ0v) is 13.7. The van der Waals surface area contributed by atoms with Crippen molar-refractivity contribution in [2.24, 2.45) is 0 Å². The molecule has 0 radical (unpaired) electrons. The molecular weight excluding hydrogens is 338 g/mol. The van der Waals surface area contributed by atoms with Gasteiger partial charge < -0.3 is 10.3 Å². The highest BCUT2D eigenvalue weighted by Crippen LogP contribution is 2.27. The van der Waals surface area contributed by atoms with Crippen LogP contribution in [0.3, 0.4) is 0 Å². The Hall–Kier alpha value is -2.04. The molecule has 0 aliphatic carbocycles. The number of benzene rings is 2. The van der Waals surface area contributed by atoms with Crippen LogP contribution in [0.15, 0.2) is 36.4 Å². The number of nitrogens with one attached hydrogen (secondary N) is 2. The van der Waals surface area contributed by atoms with E-state index in [2.05, 4.69) is 10.3 Å². The molecule has 0 aliphatic heterocycles. The number of hydrogen-bond acceptors (Lipinski definition) is 1. The Morgan fingerprint density at radius 3 is 2.74 bits per heavy atom. The molecule has 3 aromatic rings. The Kier molecular flexibility index (Phi) is 4.28. The van der Waals surface area contributed by atoms with E-state index >= 15 is 0 Å². The zero-order chi connectivity index (χ0) is 16.6. The molecule has 0 bridgehead atoms. The number of aromatic amines is 1. The van der Waals surface area contributed by atoms with Crippen molar-refractivity contribution in [3.05, 3.63) is 63.5 Å². The molecular formula is C17H13Cl2FN2O. The molecule has 0 saturated carbocycles. The van der Waals surface area contributed by atoms with Crippen LogP contribution >= 0.6 is 23.2 Å². The molecule has 0 fully saturated rings. The summed E-state index contributed by atoms with van der Waals surface area (Å²) >= 11 is 11.9. The number of carbonyl (C=O) groups excluding carboxylic acids is 1. The monoisotopic (exact) mass is 350 g/mol. The average molecular weight is 351 g/mol. The number of H-pyrrole nitrogens is 1. The number of aromatic nitrogens is 1. The van der Waals surface area contributed by atoms with E-state index in [0.717, 1.165) is 16.8 Å². The number of anilines is 1. The van der Waals surface area contributed by atoms with Gasteiger partial charge in [0, 0.05) is 21.6 Å². The number of fused-ring (bicyclic) bond motifs is 1. The van der Waals surface area contributed by atoms with Crippen molar-refractivity contribution >= 4 is 45.7 Å². The molecule has 0 spiro atoms. The number of rotatable bonds is 3. The third-order valence-corrected chi connectivity index (χ3v) is 4.17. The van der Waals surface area contributed by atoms with E-state index in [9.17, 15) is 9.18 Å². The molecule has 0 unspecified atom stereocenters. The lowest BCUT2D eigenvalue weighted by Crippen LogP contribution is -2.15. The topological polar surface area (TPSA) is 44.9 Å². The minimum atomic E-state index is -0.334. The van der Waals surface area contributed by atoms with Crippen LogP contribution < -0.4 is 5.32 Å². The molecule has 3 nitrogen and oxygen atoms in total. The highest BCUT2D eigenvalue weighted by atomic mass is 35.5. The first-order valence-electron chi connectivity index (χ1n) is 6.95. The van der Waals surface area contributed by atoms with Gasteiger partial charge in [-0.15, -0.1) is 0 Å². The maximum absolute atomic E-state index is 13.5. The lowest BCUT2D eigenvalue weighted by Gasteiger charge is -2.08. The van der Waals surface area contributed by atoms with E-state index in [-0.39, 0.29) is 18.1 Å². The maximum atomic E-state index is 13.5. The van der Waals surface area contributed by atoms with Gasteiger partial charge in [0.25, 0.3) is 0 Å². The zero-order valence-electron chi connectivity index (χ0n) is 12.2.